The number of rotatable bonds is 11. The van der Waals surface area contributed by atoms with Crippen LogP contribution in [-0.4, -0.2) is 35.5 Å². The summed E-state index contributed by atoms with van der Waals surface area (Å²) in [5, 5.41) is 20.4. The molecule has 7 nitrogen and oxygen atoms in total. The van der Waals surface area contributed by atoms with Gasteiger partial charge in [-0.2, -0.15) is 0 Å². The van der Waals surface area contributed by atoms with Gasteiger partial charge < -0.3 is 19.7 Å². The lowest BCUT2D eigenvalue weighted by molar-refractivity contribution is -0.131. The van der Waals surface area contributed by atoms with Crippen LogP contribution in [-0.2, 0) is 9.53 Å². The predicted molar refractivity (Wildman–Crippen MR) is 118 cm³/mol. The van der Waals surface area contributed by atoms with Crippen molar-refractivity contribution in [3.05, 3.63) is 71.8 Å². The average molecular weight is 427 g/mol. The molecule has 0 aliphatic carbocycles. The van der Waals surface area contributed by atoms with E-state index in [0.29, 0.717) is 24.3 Å². The van der Waals surface area contributed by atoms with E-state index in [4.69, 9.17) is 19.7 Å². The fraction of sp³-hybridized carbons (Fsp3) is 0.333. The molecule has 0 heterocycles. The van der Waals surface area contributed by atoms with Crippen LogP contribution in [0.4, 0.5) is 10.5 Å². The van der Waals surface area contributed by atoms with E-state index >= 15 is 0 Å². The number of amides is 1. The topological polar surface area (TPSA) is 105 Å². The van der Waals surface area contributed by atoms with E-state index in [1.54, 1.807) is 30.3 Å². The third-order valence-corrected chi connectivity index (χ3v) is 4.67. The van der Waals surface area contributed by atoms with Gasteiger partial charge in [-0.15, -0.1) is 0 Å². The molecule has 0 unspecified atom stereocenters. The summed E-state index contributed by atoms with van der Waals surface area (Å²) in [6, 6.07) is 14.6. The molecule has 31 heavy (non-hydrogen) atoms. The van der Waals surface area contributed by atoms with E-state index < -0.39 is 18.2 Å². The number of allylic oxidation sites excluding steroid dienone is 1. The molecule has 0 aliphatic heterocycles. The monoisotopic (exact) mass is 427 g/mol. The van der Waals surface area contributed by atoms with Gasteiger partial charge in [-0.25, -0.2) is 9.59 Å². The molecule has 0 saturated carbocycles. The maximum Gasteiger partial charge on any atom is 0.412 e. The summed E-state index contributed by atoms with van der Waals surface area (Å²) >= 11 is 0. The molecular formula is C24H29NO6. The molecule has 2 aromatic carbocycles. The fourth-order valence-corrected chi connectivity index (χ4v) is 3.02. The molecule has 1 amide bonds. The average Bonchev–Trinajstić information content (AvgIpc) is 2.75. The van der Waals surface area contributed by atoms with Gasteiger partial charge in [0.1, 0.15) is 18.5 Å². The van der Waals surface area contributed by atoms with Crippen molar-refractivity contribution in [3.63, 3.8) is 0 Å². The second kappa shape index (κ2) is 12.4. The SMILES string of the molecule is Cc1ccc(NC(=O)O[C@@H](c2ccc(OCCO)cc2)[C@H](C)CC/C=C/C(=O)O)cc1. The molecular weight excluding hydrogens is 398 g/mol. The van der Waals surface area contributed by atoms with E-state index in [2.05, 4.69) is 5.32 Å². The minimum absolute atomic E-state index is 0.0635. The Morgan fingerprint density at radius 1 is 1.10 bits per heavy atom. The van der Waals surface area contributed by atoms with Gasteiger partial charge in [-0.3, -0.25) is 5.32 Å². The van der Waals surface area contributed by atoms with Crippen LogP contribution in [0.1, 0.15) is 37.0 Å². The molecule has 0 aromatic heterocycles. The zero-order valence-corrected chi connectivity index (χ0v) is 17.8. The van der Waals surface area contributed by atoms with Crippen molar-refractivity contribution >= 4 is 17.7 Å². The van der Waals surface area contributed by atoms with E-state index in [9.17, 15) is 9.59 Å². The summed E-state index contributed by atoms with van der Waals surface area (Å²) in [5.74, 6) is -0.444. The quantitative estimate of drug-likeness (QED) is 0.449. The van der Waals surface area contributed by atoms with Crippen LogP contribution in [0.3, 0.4) is 0 Å². The molecule has 0 aliphatic rings. The lowest BCUT2D eigenvalue weighted by Gasteiger charge is -2.25. The summed E-state index contributed by atoms with van der Waals surface area (Å²) in [6.45, 7) is 4.04. The van der Waals surface area contributed by atoms with Crippen molar-refractivity contribution in [2.24, 2.45) is 5.92 Å². The number of carboxylic acids is 1. The molecule has 166 valence electrons. The van der Waals surface area contributed by atoms with Crippen LogP contribution in [0.15, 0.2) is 60.7 Å². The lowest BCUT2D eigenvalue weighted by Crippen LogP contribution is -2.22. The first kappa shape index (κ1) is 24.0. The number of aryl methyl sites for hydroxylation is 1. The van der Waals surface area contributed by atoms with E-state index in [1.165, 1.54) is 0 Å². The Morgan fingerprint density at radius 2 is 1.77 bits per heavy atom. The van der Waals surface area contributed by atoms with Gasteiger partial charge in [0, 0.05) is 11.8 Å². The summed E-state index contributed by atoms with van der Waals surface area (Å²) < 4.78 is 11.1. The van der Waals surface area contributed by atoms with Crippen LogP contribution in [0.25, 0.3) is 0 Å². The lowest BCUT2D eigenvalue weighted by atomic mass is 9.93. The highest BCUT2D eigenvalue weighted by molar-refractivity contribution is 5.84. The number of benzene rings is 2. The second-order valence-electron chi connectivity index (χ2n) is 7.25. The number of anilines is 1. The number of carbonyl (C=O) groups is 2. The molecule has 7 heteroatoms. The van der Waals surface area contributed by atoms with Crippen molar-refractivity contribution in [3.8, 4) is 5.75 Å². The Bertz CT molecular complexity index is 861. The number of hydrogen-bond donors (Lipinski definition) is 3. The summed E-state index contributed by atoms with van der Waals surface area (Å²) in [5.41, 5.74) is 2.52. The fourth-order valence-electron chi connectivity index (χ4n) is 3.02. The molecule has 0 fully saturated rings. The first-order chi connectivity index (χ1) is 14.9. The Balaban J connectivity index is 2.11. The van der Waals surface area contributed by atoms with Gasteiger partial charge in [-0.1, -0.05) is 42.8 Å². The van der Waals surface area contributed by atoms with Crippen molar-refractivity contribution in [2.45, 2.75) is 32.8 Å². The van der Waals surface area contributed by atoms with Gasteiger partial charge >= 0.3 is 12.1 Å². The minimum Gasteiger partial charge on any atom is -0.491 e. The Morgan fingerprint density at radius 3 is 2.39 bits per heavy atom. The number of carbonyl (C=O) groups excluding carboxylic acids is 1. The molecule has 2 rings (SSSR count). The number of hydrogen-bond acceptors (Lipinski definition) is 5. The smallest absolute Gasteiger partial charge is 0.412 e. The standard InChI is InChI=1S/C24H29NO6/c1-17-7-11-20(12-8-17)25-24(29)31-23(18(2)5-3-4-6-22(27)28)19-9-13-21(14-10-19)30-16-15-26/h4,6-14,18,23,26H,3,5,15-16H2,1-2H3,(H,25,29)(H,27,28)/b6-4+/t18-,23-/m1/s1. The highest BCUT2D eigenvalue weighted by Gasteiger charge is 2.23. The van der Waals surface area contributed by atoms with E-state index in [-0.39, 0.29) is 19.1 Å². The van der Waals surface area contributed by atoms with Gasteiger partial charge in [0.2, 0.25) is 0 Å². The summed E-state index contributed by atoms with van der Waals surface area (Å²) in [6.07, 6.45) is 2.78. The van der Waals surface area contributed by atoms with Gasteiger partial charge in [0.15, 0.2) is 0 Å². The molecule has 0 spiro atoms. The molecule has 0 bridgehead atoms. The first-order valence-corrected chi connectivity index (χ1v) is 10.2. The number of nitrogens with one attached hydrogen (secondary N) is 1. The number of aliphatic hydroxyl groups excluding tert-OH is 1. The molecule has 0 radical (unpaired) electrons. The van der Waals surface area contributed by atoms with E-state index in [1.807, 2.05) is 38.1 Å². The van der Waals surface area contributed by atoms with Crippen molar-refractivity contribution in [1.82, 2.24) is 0 Å². The predicted octanol–water partition coefficient (Wildman–Crippen LogP) is 4.71. The highest BCUT2D eigenvalue weighted by Crippen LogP contribution is 2.31. The van der Waals surface area contributed by atoms with Gasteiger partial charge in [0.05, 0.1) is 6.61 Å². The Hall–Kier alpha value is -3.32. The van der Waals surface area contributed by atoms with Crippen LogP contribution in [0, 0.1) is 12.8 Å². The number of aliphatic hydroxyl groups is 1. The summed E-state index contributed by atoms with van der Waals surface area (Å²) in [7, 11) is 0. The van der Waals surface area contributed by atoms with Crippen molar-refractivity contribution in [1.29, 1.82) is 0 Å². The number of ether oxygens (including phenoxy) is 2. The highest BCUT2D eigenvalue weighted by atomic mass is 16.6. The first-order valence-electron chi connectivity index (χ1n) is 10.2. The maximum atomic E-state index is 12.5. The molecule has 0 saturated heterocycles. The van der Waals surface area contributed by atoms with Crippen LogP contribution >= 0.6 is 0 Å². The molecule has 2 atom stereocenters. The third-order valence-electron chi connectivity index (χ3n) is 4.67. The van der Waals surface area contributed by atoms with Crippen LogP contribution < -0.4 is 10.1 Å². The zero-order valence-electron chi connectivity index (χ0n) is 17.8. The van der Waals surface area contributed by atoms with Gasteiger partial charge in [-0.05, 0) is 55.5 Å². The second-order valence-corrected chi connectivity index (χ2v) is 7.25. The third kappa shape index (κ3) is 8.52. The minimum atomic E-state index is -0.989. The van der Waals surface area contributed by atoms with Gasteiger partial charge in [0.25, 0.3) is 0 Å². The normalized spacial score (nSPS) is 12.9. The molecule has 2 aromatic rings. The number of carboxylic acid groups (broad SMARTS) is 1. The zero-order chi connectivity index (χ0) is 22.6. The van der Waals surface area contributed by atoms with Crippen LogP contribution in [0.5, 0.6) is 5.75 Å². The Kier molecular flexibility index (Phi) is 9.58. The van der Waals surface area contributed by atoms with E-state index in [0.717, 1.165) is 17.2 Å². The van der Waals surface area contributed by atoms with Crippen molar-refractivity contribution < 1.29 is 29.3 Å². The van der Waals surface area contributed by atoms with Crippen molar-refractivity contribution in [2.75, 3.05) is 18.5 Å². The van der Waals surface area contributed by atoms with Crippen LogP contribution in [0.2, 0.25) is 0 Å². The molecule has 3 N–H and O–H groups in total. The maximum absolute atomic E-state index is 12.5. The Labute approximate surface area is 182 Å². The summed E-state index contributed by atoms with van der Waals surface area (Å²) in [4.78, 5) is 23.2. The number of aliphatic carboxylic acids is 1. The largest absolute Gasteiger partial charge is 0.491 e.